The van der Waals surface area contributed by atoms with Gasteiger partial charge in [-0.1, -0.05) is 41.6 Å². The molecule has 0 unspecified atom stereocenters. The molecule has 2 aromatic heterocycles. The molecule has 0 fully saturated rings. The van der Waals surface area contributed by atoms with Crippen LogP contribution in [-0.4, -0.2) is 27.6 Å². The van der Waals surface area contributed by atoms with Crippen LogP contribution >= 0.6 is 0 Å². The number of anilines is 1. The molecule has 0 radical (unpaired) electrons. The molecule has 2 aromatic carbocycles. The van der Waals surface area contributed by atoms with Gasteiger partial charge in [-0.05, 0) is 37.0 Å². The highest BCUT2D eigenvalue weighted by Crippen LogP contribution is 2.35. The van der Waals surface area contributed by atoms with Gasteiger partial charge in [0.15, 0.2) is 11.6 Å². The summed E-state index contributed by atoms with van der Waals surface area (Å²) >= 11 is 0. The molecule has 0 aliphatic carbocycles. The average Bonchev–Trinajstić information content (AvgIpc) is 3.08. The number of ether oxygens (including phenoxy) is 1. The minimum atomic E-state index is -0.563. The molecule has 0 bridgehead atoms. The number of nitrogens with one attached hydrogen (secondary N) is 1. The van der Waals surface area contributed by atoms with Gasteiger partial charge in [-0.3, -0.25) is 4.79 Å². The topological polar surface area (TPSA) is 116 Å². The first-order chi connectivity index (χ1) is 15.2. The van der Waals surface area contributed by atoms with Gasteiger partial charge in [-0.25, -0.2) is 9.97 Å². The summed E-state index contributed by atoms with van der Waals surface area (Å²) in [5.41, 5.74) is 8.13. The van der Waals surface area contributed by atoms with Gasteiger partial charge in [0.2, 0.25) is 11.6 Å². The van der Waals surface area contributed by atoms with Crippen molar-refractivity contribution in [3.8, 4) is 17.3 Å². The van der Waals surface area contributed by atoms with E-state index in [0.717, 1.165) is 30.5 Å². The Balaban J connectivity index is 1.59. The van der Waals surface area contributed by atoms with Crippen molar-refractivity contribution in [2.45, 2.75) is 25.8 Å². The molecule has 31 heavy (non-hydrogen) atoms. The number of hydrogen-bond donors (Lipinski definition) is 2. The maximum atomic E-state index is 11.7. The molecule has 0 spiro atoms. The normalized spacial score (nSPS) is 13.3. The SMILES string of the molecule is NC(=O)c1cccc2c(-c3nc4c(c(NCc5ccccc5)n3)OCCCC4)onc12. The lowest BCUT2D eigenvalue weighted by Crippen LogP contribution is -2.11. The Bertz CT molecular complexity index is 1250. The van der Waals surface area contributed by atoms with E-state index < -0.39 is 5.91 Å². The number of aryl methyl sites for hydroxylation is 1. The first-order valence-electron chi connectivity index (χ1n) is 10.2. The molecule has 3 heterocycles. The van der Waals surface area contributed by atoms with Crippen molar-refractivity contribution < 1.29 is 14.1 Å². The first kappa shape index (κ1) is 19.0. The summed E-state index contributed by atoms with van der Waals surface area (Å²) in [6, 6.07) is 15.2. The van der Waals surface area contributed by atoms with Gasteiger partial charge < -0.3 is 20.3 Å². The minimum absolute atomic E-state index is 0.299. The molecular formula is C23H21N5O3. The lowest BCUT2D eigenvalue weighted by Gasteiger charge is -2.14. The molecule has 1 aliphatic rings. The molecule has 1 amide bonds. The number of primary amides is 1. The van der Waals surface area contributed by atoms with Crippen molar-refractivity contribution in [1.29, 1.82) is 0 Å². The number of nitrogens with zero attached hydrogens (tertiary/aromatic N) is 3. The van der Waals surface area contributed by atoms with E-state index in [9.17, 15) is 4.79 Å². The third-order valence-electron chi connectivity index (χ3n) is 5.27. The van der Waals surface area contributed by atoms with E-state index in [4.69, 9.17) is 25.0 Å². The van der Waals surface area contributed by atoms with Crippen LogP contribution < -0.4 is 15.8 Å². The molecule has 0 atom stereocenters. The second-order valence-corrected chi connectivity index (χ2v) is 7.39. The number of rotatable bonds is 5. The van der Waals surface area contributed by atoms with Crippen LogP contribution in [0, 0.1) is 0 Å². The van der Waals surface area contributed by atoms with Crippen molar-refractivity contribution in [1.82, 2.24) is 15.1 Å². The van der Waals surface area contributed by atoms with Crippen LogP contribution in [0.25, 0.3) is 22.5 Å². The number of aromatic nitrogens is 3. The summed E-state index contributed by atoms with van der Waals surface area (Å²) in [6.45, 7) is 1.22. The lowest BCUT2D eigenvalue weighted by atomic mass is 10.1. The van der Waals surface area contributed by atoms with Gasteiger partial charge in [-0.2, -0.15) is 0 Å². The number of carbonyl (C=O) groups excluding carboxylic acids is 1. The maximum Gasteiger partial charge on any atom is 0.251 e. The van der Waals surface area contributed by atoms with Crippen LogP contribution in [0.15, 0.2) is 53.1 Å². The zero-order valence-electron chi connectivity index (χ0n) is 16.8. The molecule has 8 nitrogen and oxygen atoms in total. The van der Waals surface area contributed by atoms with Gasteiger partial charge in [0.25, 0.3) is 5.91 Å². The zero-order chi connectivity index (χ0) is 21.2. The molecule has 3 N–H and O–H groups in total. The van der Waals surface area contributed by atoms with Crippen molar-refractivity contribution >= 4 is 22.6 Å². The average molecular weight is 415 g/mol. The number of carbonyl (C=O) groups is 1. The summed E-state index contributed by atoms with van der Waals surface area (Å²) < 4.78 is 11.6. The van der Waals surface area contributed by atoms with Crippen LogP contribution in [0.5, 0.6) is 5.75 Å². The number of fused-ring (bicyclic) bond motifs is 2. The lowest BCUT2D eigenvalue weighted by molar-refractivity contribution is 0.100. The van der Waals surface area contributed by atoms with Crippen molar-refractivity contribution in [2.24, 2.45) is 5.73 Å². The predicted molar refractivity (Wildman–Crippen MR) is 116 cm³/mol. The summed E-state index contributed by atoms with van der Waals surface area (Å²) in [7, 11) is 0. The fraction of sp³-hybridized carbons (Fsp3) is 0.217. The number of benzene rings is 2. The Kier molecular flexibility index (Phi) is 4.95. The third kappa shape index (κ3) is 3.68. The van der Waals surface area contributed by atoms with Gasteiger partial charge in [0, 0.05) is 6.54 Å². The van der Waals surface area contributed by atoms with Gasteiger partial charge >= 0.3 is 0 Å². The van der Waals surface area contributed by atoms with Gasteiger partial charge in [-0.15, -0.1) is 0 Å². The Morgan fingerprint density at radius 1 is 1.06 bits per heavy atom. The van der Waals surface area contributed by atoms with Crippen molar-refractivity contribution in [3.63, 3.8) is 0 Å². The standard InChI is InChI=1S/C23H21N5O3/c24-21(29)16-10-6-9-15-18(16)28-31-19(15)23-26-17-11-4-5-12-30-20(17)22(27-23)25-13-14-7-2-1-3-8-14/h1-3,6-10H,4-5,11-13H2,(H2,24,29)(H,25,26,27). The first-order valence-corrected chi connectivity index (χ1v) is 10.2. The number of amides is 1. The summed E-state index contributed by atoms with van der Waals surface area (Å²) in [5, 5.41) is 8.09. The Morgan fingerprint density at radius 2 is 1.94 bits per heavy atom. The van der Waals surface area contributed by atoms with Crippen LogP contribution in [0.2, 0.25) is 0 Å². The Morgan fingerprint density at radius 3 is 2.77 bits per heavy atom. The quantitative estimate of drug-likeness (QED) is 0.510. The maximum absolute atomic E-state index is 11.7. The molecule has 8 heteroatoms. The highest BCUT2D eigenvalue weighted by Gasteiger charge is 2.23. The highest BCUT2D eigenvalue weighted by atomic mass is 16.5. The molecule has 4 aromatic rings. The number of nitrogens with two attached hydrogens (primary N) is 1. The molecule has 1 aliphatic heterocycles. The molecule has 0 saturated carbocycles. The van der Waals surface area contributed by atoms with E-state index in [1.165, 1.54) is 0 Å². The summed E-state index contributed by atoms with van der Waals surface area (Å²) in [4.78, 5) is 21.2. The van der Waals surface area contributed by atoms with Gasteiger partial charge in [0.05, 0.1) is 23.3 Å². The van der Waals surface area contributed by atoms with E-state index in [0.29, 0.717) is 52.8 Å². The summed E-state index contributed by atoms with van der Waals surface area (Å²) in [6.07, 6.45) is 2.71. The minimum Gasteiger partial charge on any atom is -0.488 e. The fourth-order valence-electron chi connectivity index (χ4n) is 3.72. The van der Waals surface area contributed by atoms with Crippen LogP contribution in [0.4, 0.5) is 5.82 Å². The molecule has 5 rings (SSSR count). The van der Waals surface area contributed by atoms with E-state index in [1.54, 1.807) is 12.1 Å². The van der Waals surface area contributed by atoms with Crippen molar-refractivity contribution in [3.05, 3.63) is 65.4 Å². The second-order valence-electron chi connectivity index (χ2n) is 7.39. The number of hydrogen-bond acceptors (Lipinski definition) is 7. The highest BCUT2D eigenvalue weighted by molar-refractivity contribution is 6.07. The van der Waals surface area contributed by atoms with Crippen LogP contribution in [0.3, 0.4) is 0 Å². The molecular weight excluding hydrogens is 394 g/mol. The van der Waals surface area contributed by atoms with E-state index in [-0.39, 0.29) is 0 Å². The van der Waals surface area contributed by atoms with Gasteiger partial charge in [0.1, 0.15) is 5.52 Å². The summed E-state index contributed by atoms with van der Waals surface area (Å²) in [5.74, 6) is 1.52. The third-order valence-corrected chi connectivity index (χ3v) is 5.27. The Labute approximate surface area is 178 Å². The largest absolute Gasteiger partial charge is 0.488 e. The molecule has 0 saturated heterocycles. The predicted octanol–water partition coefficient (Wildman–Crippen LogP) is 3.71. The molecule has 156 valence electrons. The van der Waals surface area contributed by atoms with E-state index >= 15 is 0 Å². The Hall–Kier alpha value is -3.94. The zero-order valence-corrected chi connectivity index (χ0v) is 16.8. The van der Waals surface area contributed by atoms with E-state index in [1.807, 2.05) is 36.4 Å². The van der Waals surface area contributed by atoms with E-state index in [2.05, 4.69) is 10.5 Å². The fourth-order valence-corrected chi connectivity index (χ4v) is 3.72. The monoisotopic (exact) mass is 415 g/mol. The van der Waals surface area contributed by atoms with Crippen LogP contribution in [-0.2, 0) is 13.0 Å². The van der Waals surface area contributed by atoms with Crippen LogP contribution in [0.1, 0.15) is 34.5 Å². The second kappa shape index (κ2) is 8.06. The van der Waals surface area contributed by atoms with Crippen molar-refractivity contribution in [2.75, 3.05) is 11.9 Å². The smallest absolute Gasteiger partial charge is 0.251 e.